The molecule has 0 spiro atoms. The Morgan fingerprint density at radius 1 is 1.29 bits per heavy atom. The van der Waals surface area contributed by atoms with Gasteiger partial charge in [-0.3, -0.25) is 9.59 Å². The normalized spacial score (nSPS) is 27.3. The number of β-lactam (4-membered cyclic amide) rings is 1. The van der Waals surface area contributed by atoms with E-state index in [1.165, 1.54) is 4.90 Å². The summed E-state index contributed by atoms with van der Waals surface area (Å²) in [6, 6.07) is 8.08. The zero-order valence-corrected chi connectivity index (χ0v) is 13.9. The lowest BCUT2D eigenvalue weighted by molar-refractivity contribution is -0.163. The lowest BCUT2D eigenvalue weighted by atomic mass is 9.83. The fourth-order valence-electron chi connectivity index (χ4n) is 3.89. The van der Waals surface area contributed by atoms with Crippen LogP contribution < -0.4 is 5.32 Å². The molecule has 2 amide bonds. The van der Waals surface area contributed by atoms with Crippen LogP contribution in [0.25, 0.3) is 0 Å². The summed E-state index contributed by atoms with van der Waals surface area (Å²) >= 11 is 0. The minimum absolute atomic E-state index is 0.173. The monoisotopic (exact) mass is 330 g/mol. The summed E-state index contributed by atoms with van der Waals surface area (Å²) in [5.41, 5.74) is 0.581. The molecular formula is C18H22N2O4. The summed E-state index contributed by atoms with van der Waals surface area (Å²) in [6.45, 7) is 3.71. The summed E-state index contributed by atoms with van der Waals surface area (Å²) in [5.74, 6) is -1.44. The molecule has 3 atom stereocenters. The molecule has 6 heteroatoms. The molecule has 0 aliphatic carbocycles. The van der Waals surface area contributed by atoms with Crippen molar-refractivity contribution < 1.29 is 19.5 Å². The van der Waals surface area contributed by atoms with Crippen molar-refractivity contribution in [2.45, 2.75) is 51.2 Å². The standard InChI is InChI=1S/C18H22N2O4/c1-18(2)10-12-14(16(22)20(12)15(18)17(23)24)19-13(21)9-8-11-6-4-3-5-7-11/h3-7,12,14-15H,8-10H2,1-2H3,(H,19,21)(H,23,24)/t12-,14+,15+/m1/s1. The van der Waals surface area contributed by atoms with Gasteiger partial charge in [0.15, 0.2) is 0 Å². The smallest absolute Gasteiger partial charge is 0.326 e. The highest BCUT2D eigenvalue weighted by atomic mass is 16.4. The Morgan fingerprint density at radius 2 is 1.96 bits per heavy atom. The van der Waals surface area contributed by atoms with Crippen LogP contribution in [0.2, 0.25) is 0 Å². The molecule has 2 N–H and O–H groups in total. The van der Waals surface area contributed by atoms with E-state index in [2.05, 4.69) is 5.32 Å². The number of benzene rings is 1. The van der Waals surface area contributed by atoms with Crippen LogP contribution in [0.5, 0.6) is 0 Å². The first-order chi connectivity index (χ1) is 11.3. The lowest BCUT2D eigenvalue weighted by Crippen LogP contribution is -2.70. The van der Waals surface area contributed by atoms with Crippen molar-refractivity contribution in [3.8, 4) is 0 Å². The Bertz CT molecular complexity index is 671. The van der Waals surface area contributed by atoms with E-state index in [-0.39, 0.29) is 17.9 Å². The average molecular weight is 330 g/mol. The fourth-order valence-corrected chi connectivity index (χ4v) is 3.89. The number of carbonyl (C=O) groups excluding carboxylic acids is 2. The number of nitrogens with zero attached hydrogens (tertiary/aromatic N) is 1. The fraction of sp³-hybridized carbons (Fsp3) is 0.500. The van der Waals surface area contributed by atoms with Gasteiger partial charge >= 0.3 is 5.97 Å². The maximum atomic E-state index is 12.3. The predicted molar refractivity (Wildman–Crippen MR) is 87.1 cm³/mol. The Kier molecular flexibility index (Phi) is 4.07. The van der Waals surface area contributed by atoms with Crippen molar-refractivity contribution in [2.75, 3.05) is 0 Å². The third-order valence-corrected chi connectivity index (χ3v) is 5.05. The minimum atomic E-state index is -0.982. The SMILES string of the molecule is CC1(C)C[C@@H]2[C@H](NC(=O)CCc3ccccc3)C(=O)N2[C@H]1C(=O)O. The van der Waals surface area contributed by atoms with Gasteiger partial charge in [0.1, 0.15) is 12.1 Å². The summed E-state index contributed by atoms with van der Waals surface area (Å²) in [6.07, 6.45) is 1.51. The number of carboxylic acid groups (broad SMARTS) is 1. The van der Waals surface area contributed by atoms with Gasteiger partial charge < -0.3 is 15.3 Å². The molecule has 2 heterocycles. The minimum Gasteiger partial charge on any atom is -0.480 e. The number of nitrogens with one attached hydrogen (secondary N) is 1. The first-order valence-electron chi connectivity index (χ1n) is 8.19. The summed E-state index contributed by atoms with van der Waals surface area (Å²) in [5, 5.41) is 12.2. The van der Waals surface area contributed by atoms with Crippen molar-refractivity contribution in [2.24, 2.45) is 5.41 Å². The van der Waals surface area contributed by atoms with E-state index < -0.39 is 23.5 Å². The number of amides is 2. The molecule has 2 aliphatic rings. The van der Waals surface area contributed by atoms with E-state index in [9.17, 15) is 19.5 Å². The van der Waals surface area contributed by atoms with Crippen LogP contribution in [0.1, 0.15) is 32.3 Å². The number of rotatable bonds is 5. The van der Waals surface area contributed by atoms with Crippen molar-refractivity contribution in [1.82, 2.24) is 10.2 Å². The molecule has 128 valence electrons. The van der Waals surface area contributed by atoms with Gasteiger partial charge in [0.05, 0.1) is 6.04 Å². The lowest BCUT2D eigenvalue weighted by Gasteiger charge is -2.44. The van der Waals surface area contributed by atoms with Gasteiger partial charge in [0.25, 0.3) is 0 Å². The van der Waals surface area contributed by atoms with Crippen LogP contribution in [0.4, 0.5) is 0 Å². The Balaban J connectivity index is 1.59. The second-order valence-corrected chi connectivity index (χ2v) is 7.28. The molecule has 6 nitrogen and oxygen atoms in total. The highest BCUT2D eigenvalue weighted by molar-refractivity contribution is 5.97. The predicted octanol–water partition coefficient (Wildman–Crippen LogP) is 1.20. The largest absolute Gasteiger partial charge is 0.480 e. The van der Waals surface area contributed by atoms with Crippen molar-refractivity contribution in [1.29, 1.82) is 0 Å². The Labute approximate surface area is 140 Å². The molecule has 2 aliphatic heterocycles. The number of fused-ring (bicyclic) bond motifs is 1. The average Bonchev–Trinajstić information content (AvgIpc) is 2.80. The van der Waals surface area contributed by atoms with E-state index >= 15 is 0 Å². The molecular weight excluding hydrogens is 308 g/mol. The molecule has 2 saturated heterocycles. The molecule has 0 unspecified atom stereocenters. The van der Waals surface area contributed by atoms with Crippen molar-refractivity contribution in [3.05, 3.63) is 35.9 Å². The maximum absolute atomic E-state index is 12.3. The first kappa shape index (κ1) is 16.5. The maximum Gasteiger partial charge on any atom is 0.326 e. The van der Waals surface area contributed by atoms with Crippen LogP contribution in [0.3, 0.4) is 0 Å². The second kappa shape index (κ2) is 5.92. The molecule has 0 bridgehead atoms. The number of hydrogen-bond acceptors (Lipinski definition) is 3. The molecule has 24 heavy (non-hydrogen) atoms. The molecule has 0 aromatic heterocycles. The number of aliphatic carboxylic acids is 1. The molecule has 1 aromatic carbocycles. The van der Waals surface area contributed by atoms with Crippen LogP contribution in [0.15, 0.2) is 30.3 Å². The zero-order valence-electron chi connectivity index (χ0n) is 13.9. The van der Waals surface area contributed by atoms with Gasteiger partial charge in [0.2, 0.25) is 11.8 Å². The number of carboxylic acids is 1. The van der Waals surface area contributed by atoms with Crippen LogP contribution >= 0.6 is 0 Å². The number of aryl methyl sites for hydroxylation is 1. The van der Waals surface area contributed by atoms with E-state index in [0.29, 0.717) is 19.3 Å². The third kappa shape index (κ3) is 2.77. The highest BCUT2D eigenvalue weighted by Gasteiger charge is 2.63. The quantitative estimate of drug-likeness (QED) is 0.794. The summed E-state index contributed by atoms with van der Waals surface area (Å²) < 4.78 is 0. The molecule has 2 fully saturated rings. The number of carbonyl (C=O) groups is 3. The van der Waals surface area contributed by atoms with E-state index in [1.807, 2.05) is 44.2 Å². The molecule has 0 saturated carbocycles. The van der Waals surface area contributed by atoms with E-state index in [0.717, 1.165) is 5.56 Å². The van der Waals surface area contributed by atoms with Crippen LogP contribution in [0, 0.1) is 5.41 Å². The van der Waals surface area contributed by atoms with Gasteiger partial charge in [0, 0.05) is 6.42 Å². The van der Waals surface area contributed by atoms with Crippen LogP contribution in [-0.4, -0.2) is 45.9 Å². The number of hydrogen-bond donors (Lipinski definition) is 2. The third-order valence-electron chi connectivity index (χ3n) is 5.05. The Morgan fingerprint density at radius 3 is 2.58 bits per heavy atom. The van der Waals surface area contributed by atoms with Crippen LogP contribution in [-0.2, 0) is 20.8 Å². The van der Waals surface area contributed by atoms with Crippen molar-refractivity contribution in [3.63, 3.8) is 0 Å². The Hall–Kier alpha value is -2.37. The van der Waals surface area contributed by atoms with Gasteiger partial charge in [-0.2, -0.15) is 0 Å². The zero-order chi connectivity index (χ0) is 17.5. The second-order valence-electron chi connectivity index (χ2n) is 7.28. The molecule has 0 radical (unpaired) electrons. The summed E-state index contributed by atoms with van der Waals surface area (Å²) in [4.78, 5) is 37.3. The topological polar surface area (TPSA) is 86.7 Å². The van der Waals surface area contributed by atoms with Gasteiger partial charge in [-0.1, -0.05) is 44.2 Å². The molecule has 1 aromatic rings. The van der Waals surface area contributed by atoms with Gasteiger partial charge in [-0.15, -0.1) is 0 Å². The summed E-state index contributed by atoms with van der Waals surface area (Å²) in [7, 11) is 0. The molecule has 3 rings (SSSR count). The van der Waals surface area contributed by atoms with Gasteiger partial charge in [-0.05, 0) is 23.8 Å². The van der Waals surface area contributed by atoms with E-state index in [1.54, 1.807) is 0 Å². The first-order valence-corrected chi connectivity index (χ1v) is 8.19. The van der Waals surface area contributed by atoms with Gasteiger partial charge in [-0.25, -0.2) is 4.79 Å². The van der Waals surface area contributed by atoms with Crippen molar-refractivity contribution >= 4 is 17.8 Å². The van der Waals surface area contributed by atoms with E-state index in [4.69, 9.17) is 0 Å². The highest BCUT2D eigenvalue weighted by Crippen LogP contribution is 2.46.